The van der Waals surface area contributed by atoms with Crippen LogP contribution in [0.4, 0.5) is 14.5 Å². The van der Waals surface area contributed by atoms with Gasteiger partial charge >= 0.3 is 0 Å². The van der Waals surface area contributed by atoms with Gasteiger partial charge in [-0.3, -0.25) is 4.99 Å². The van der Waals surface area contributed by atoms with Crippen molar-refractivity contribution in [2.45, 2.75) is 52.4 Å². The third-order valence-corrected chi connectivity index (χ3v) is 6.41. The molecule has 34 heavy (non-hydrogen) atoms. The highest BCUT2D eigenvalue weighted by Gasteiger charge is 2.24. The topological polar surface area (TPSA) is 41.8 Å². The SMILES string of the molecule is Bc1c(F)c(Oc2ccccc2/N=C/c2cc(C(C)(C)C)cc(C(C)(C)C)c2O)cc(F)c1P. The molecule has 0 spiro atoms. The second-order valence-electron chi connectivity index (χ2n) is 10.5. The van der Waals surface area contributed by atoms with Crippen molar-refractivity contribution in [3.63, 3.8) is 0 Å². The fourth-order valence-corrected chi connectivity index (χ4v) is 3.69. The van der Waals surface area contributed by atoms with E-state index in [0.717, 1.165) is 17.2 Å². The van der Waals surface area contributed by atoms with Crippen LogP contribution < -0.4 is 15.5 Å². The summed E-state index contributed by atoms with van der Waals surface area (Å²) in [5.74, 6) is -0.969. The number of phenols is 1. The van der Waals surface area contributed by atoms with E-state index in [1.807, 2.05) is 32.9 Å². The summed E-state index contributed by atoms with van der Waals surface area (Å²) in [7, 11) is 3.70. The van der Waals surface area contributed by atoms with E-state index in [4.69, 9.17) is 4.74 Å². The van der Waals surface area contributed by atoms with Gasteiger partial charge < -0.3 is 9.84 Å². The minimum atomic E-state index is -0.629. The summed E-state index contributed by atoms with van der Waals surface area (Å²) < 4.78 is 34.6. The molecule has 0 aliphatic rings. The van der Waals surface area contributed by atoms with Crippen molar-refractivity contribution in [3.05, 3.63) is 70.8 Å². The minimum absolute atomic E-state index is 0.125. The Labute approximate surface area is 203 Å². The van der Waals surface area contributed by atoms with Crippen LogP contribution in [0, 0.1) is 11.6 Å². The molecule has 3 rings (SSSR count). The van der Waals surface area contributed by atoms with Gasteiger partial charge in [-0.1, -0.05) is 59.7 Å². The number of ether oxygens (including phenoxy) is 1. The summed E-state index contributed by atoms with van der Waals surface area (Å²) >= 11 is 0. The van der Waals surface area contributed by atoms with E-state index in [1.165, 1.54) is 7.85 Å². The predicted molar refractivity (Wildman–Crippen MR) is 143 cm³/mol. The van der Waals surface area contributed by atoms with Gasteiger partial charge in [-0.2, -0.15) is 0 Å². The maximum absolute atomic E-state index is 14.7. The first-order chi connectivity index (χ1) is 15.7. The van der Waals surface area contributed by atoms with Crippen molar-refractivity contribution in [2.75, 3.05) is 0 Å². The van der Waals surface area contributed by atoms with E-state index in [1.54, 1.807) is 30.5 Å². The van der Waals surface area contributed by atoms with Crippen molar-refractivity contribution < 1.29 is 18.6 Å². The van der Waals surface area contributed by atoms with Crippen LogP contribution in [0.5, 0.6) is 17.2 Å². The molecule has 0 aliphatic carbocycles. The fourth-order valence-electron chi connectivity index (χ4n) is 3.48. The van der Waals surface area contributed by atoms with Gasteiger partial charge in [0, 0.05) is 28.7 Å². The summed E-state index contributed by atoms with van der Waals surface area (Å²) in [4.78, 5) is 4.54. The number of hydrogen-bond acceptors (Lipinski definition) is 3. The predicted octanol–water partition coefficient (Wildman–Crippen LogP) is 5.57. The number of nitrogens with zero attached hydrogens (tertiary/aromatic N) is 1. The number of benzene rings is 3. The van der Waals surface area contributed by atoms with Crippen LogP contribution in [-0.4, -0.2) is 19.2 Å². The highest BCUT2D eigenvalue weighted by Crippen LogP contribution is 2.38. The second-order valence-corrected chi connectivity index (χ2v) is 11.1. The van der Waals surface area contributed by atoms with Crippen LogP contribution >= 0.6 is 9.24 Å². The Balaban J connectivity index is 2.06. The molecule has 0 fully saturated rings. The van der Waals surface area contributed by atoms with Crippen molar-refractivity contribution in [2.24, 2.45) is 4.99 Å². The van der Waals surface area contributed by atoms with Crippen molar-refractivity contribution in [1.29, 1.82) is 0 Å². The Bertz CT molecular complexity index is 1260. The first-order valence-electron chi connectivity index (χ1n) is 11.1. The lowest BCUT2D eigenvalue weighted by atomic mass is 9.79. The largest absolute Gasteiger partial charge is 0.507 e. The number of para-hydroxylation sites is 2. The molecule has 3 aromatic carbocycles. The van der Waals surface area contributed by atoms with Crippen LogP contribution in [0.15, 0.2) is 47.5 Å². The molecule has 0 saturated heterocycles. The van der Waals surface area contributed by atoms with E-state index < -0.39 is 11.6 Å². The zero-order valence-electron chi connectivity index (χ0n) is 20.8. The monoisotopic (exact) mass is 481 g/mol. The molecule has 0 heterocycles. The fraction of sp³-hybridized carbons (Fsp3) is 0.296. The molecule has 178 valence electrons. The van der Waals surface area contributed by atoms with Gasteiger partial charge in [-0.05, 0) is 40.1 Å². The lowest BCUT2D eigenvalue weighted by Crippen LogP contribution is -2.26. The molecular formula is C27H31BF2NO2P. The summed E-state index contributed by atoms with van der Waals surface area (Å²) in [6.07, 6.45) is 1.58. The molecule has 0 saturated carbocycles. The lowest BCUT2D eigenvalue weighted by Gasteiger charge is -2.27. The van der Waals surface area contributed by atoms with Crippen molar-refractivity contribution in [1.82, 2.24) is 0 Å². The Morgan fingerprint density at radius 2 is 1.62 bits per heavy atom. The summed E-state index contributed by atoms with van der Waals surface area (Å²) in [5, 5.41) is 11.2. The Morgan fingerprint density at radius 3 is 2.24 bits per heavy atom. The van der Waals surface area contributed by atoms with Gasteiger partial charge in [0.05, 0.1) is 0 Å². The lowest BCUT2D eigenvalue weighted by molar-refractivity contribution is 0.441. The van der Waals surface area contributed by atoms with Crippen LogP contribution in [0.3, 0.4) is 0 Å². The molecule has 1 unspecified atom stereocenters. The zero-order chi connectivity index (χ0) is 25.4. The molecule has 0 radical (unpaired) electrons. The number of halogens is 2. The van der Waals surface area contributed by atoms with Gasteiger partial charge in [0.1, 0.15) is 25.1 Å². The van der Waals surface area contributed by atoms with E-state index in [9.17, 15) is 13.9 Å². The maximum Gasteiger partial charge on any atom is 0.165 e. The Kier molecular flexibility index (Phi) is 7.24. The zero-order valence-corrected chi connectivity index (χ0v) is 21.9. The number of hydrogen-bond donors (Lipinski definition) is 1. The summed E-state index contributed by atoms with van der Waals surface area (Å²) in [5.41, 5.74) is 2.68. The molecule has 0 amide bonds. The second kappa shape index (κ2) is 9.50. The molecule has 0 aromatic heterocycles. The van der Waals surface area contributed by atoms with Gasteiger partial charge in [-0.15, -0.1) is 9.24 Å². The average molecular weight is 481 g/mol. The van der Waals surface area contributed by atoms with Gasteiger partial charge in [0.25, 0.3) is 0 Å². The smallest absolute Gasteiger partial charge is 0.165 e. The highest BCUT2D eigenvalue weighted by molar-refractivity contribution is 7.28. The van der Waals surface area contributed by atoms with Gasteiger partial charge in [0.15, 0.2) is 17.3 Å². The standard InChI is InChI=1S/C27H31BF2NO2P/c1-26(2,3)16-11-15(24(32)17(12-16)27(4,5)6)14-31-19-9-7-8-10-20(19)33-21-13-18(29)25(34)22(28)23(21)30/h7-14,32H,28,34H2,1-6H3/b31-14+. The van der Waals surface area contributed by atoms with Crippen molar-refractivity contribution in [3.8, 4) is 17.2 Å². The van der Waals surface area contributed by atoms with Crippen molar-refractivity contribution >= 4 is 39.8 Å². The summed E-state index contributed by atoms with van der Waals surface area (Å²) in [6, 6.07) is 11.9. The Hall–Kier alpha value is -2.72. The van der Waals surface area contributed by atoms with Crippen LogP contribution in [-0.2, 0) is 10.8 Å². The molecule has 7 heteroatoms. The number of rotatable bonds is 4. The van der Waals surface area contributed by atoms with E-state index in [2.05, 4.69) is 35.0 Å². The third kappa shape index (κ3) is 5.50. The summed E-state index contributed by atoms with van der Waals surface area (Å²) in [6.45, 7) is 12.5. The number of phenolic OH excluding ortho intramolecular Hbond substituents is 1. The third-order valence-electron chi connectivity index (χ3n) is 5.71. The van der Waals surface area contributed by atoms with E-state index in [0.29, 0.717) is 11.3 Å². The molecule has 0 aliphatic heterocycles. The number of aliphatic imine (C=N–C) groups is 1. The Morgan fingerprint density at radius 1 is 0.971 bits per heavy atom. The van der Waals surface area contributed by atoms with Crippen LogP contribution in [0.25, 0.3) is 0 Å². The number of aromatic hydroxyl groups is 1. The quantitative estimate of drug-likeness (QED) is 0.301. The molecule has 1 atom stereocenters. The first kappa shape index (κ1) is 25.9. The normalized spacial score (nSPS) is 12.4. The first-order valence-corrected chi connectivity index (χ1v) is 11.7. The van der Waals surface area contributed by atoms with Gasteiger partial charge in [0.2, 0.25) is 0 Å². The van der Waals surface area contributed by atoms with E-state index >= 15 is 0 Å². The molecule has 1 N–H and O–H groups in total. The van der Waals surface area contributed by atoms with Crippen LogP contribution in [0.2, 0.25) is 0 Å². The average Bonchev–Trinajstić information content (AvgIpc) is 2.74. The van der Waals surface area contributed by atoms with E-state index in [-0.39, 0.29) is 38.8 Å². The molecule has 3 nitrogen and oxygen atoms in total. The van der Waals surface area contributed by atoms with Crippen LogP contribution in [0.1, 0.15) is 58.2 Å². The maximum atomic E-state index is 14.7. The highest BCUT2D eigenvalue weighted by atomic mass is 31.0. The minimum Gasteiger partial charge on any atom is -0.507 e. The molecule has 0 bridgehead atoms. The molecular weight excluding hydrogens is 450 g/mol. The molecule has 3 aromatic rings. The van der Waals surface area contributed by atoms with Gasteiger partial charge in [-0.25, -0.2) is 8.78 Å².